The Hall–Kier alpha value is -2.68. The van der Waals surface area contributed by atoms with Crippen LogP contribution in [0, 0.1) is 19.8 Å². The van der Waals surface area contributed by atoms with Gasteiger partial charge in [-0.3, -0.25) is 4.79 Å². The molecule has 1 unspecified atom stereocenters. The molecule has 8 heteroatoms. The molecule has 0 saturated heterocycles. The SMILES string of the molecule is Cc1ccc(S(=O)(=O)N(CC(=O)N2CCc3sccc3C2COc2ccccc2C)CC(C)C)cc1. The molecular formula is C28H34N2O4S2. The molecule has 0 spiro atoms. The first kappa shape index (κ1) is 26.4. The minimum absolute atomic E-state index is 0.0723. The predicted octanol–water partition coefficient (Wildman–Crippen LogP) is 5.22. The highest BCUT2D eigenvalue weighted by atomic mass is 32.2. The van der Waals surface area contributed by atoms with Gasteiger partial charge in [-0.2, -0.15) is 4.31 Å². The molecule has 0 radical (unpaired) electrons. The van der Waals surface area contributed by atoms with Gasteiger partial charge < -0.3 is 9.64 Å². The number of para-hydroxylation sites is 1. The number of sulfonamides is 1. The Morgan fingerprint density at radius 1 is 1.11 bits per heavy atom. The van der Waals surface area contributed by atoms with Crippen molar-refractivity contribution in [3.63, 3.8) is 0 Å². The summed E-state index contributed by atoms with van der Waals surface area (Å²) in [6, 6.07) is 16.4. The smallest absolute Gasteiger partial charge is 0.243 e. The summed E-state index contributed by atoms with van der Waals surface area (Å²) in [5.74, 6) is 0.653. The van der Waals surface area contributed by atoms with Crippen LogP contribution in [0.3, 0.4) is 0 Å². The summed E-state index contributed by atoms with van der Waals surface area (Å²) in [6.07, 6.45) is 0.758. The average Bonchev–Trinajstić information content (AvgIpc) is 3.32. The topological polar surface area (TPSA) is 66.9 Å². The highest BCUT2D eigenvalue weighted by Gasteiger charge is 2.35. The fourth-order valence-corrected chi connectivity index (χ4v) is 7.00. The van der Waals surface area contributed by atoms with Gasteiger partial charge in [-0.15, -0.1) is 11.3 Å². The fourth-order valence-electron chi connectivity index (χ4n) is 4.52. The number of hydrogen-bond acceptors (Lipinski definition) is 5. The number of thiophene rings is 1. The second-order valence-corrected chi connectivity index (χ2v) is 12.7. The summed E-state index contributed by atoms with van der Waals surface area (Å²) in [4.78, 5) is 17.0. The van der Waals surface area contributed by atoms with Gasteiger partial charge in [-0.05, 0) is 67.0 Å². The molecule has 2 heterocycles. The van der Waals surface area contributed by atoms with Gasteiger partial charge in [0.25, 0.3) is 0 Å². The van der Waals surface area contributed by atoms with Crippen LogP contribution in [0.1, 0.15) is 41.5 Å². The predicted molar refractivity (Wildman–Crippen MR) is 144 cm³/mol. The third kappa shape index (κ3) is 5.82. The lowest BCUT2D eigenvalue weighted by Crippen LogP contribution is -2.48. The monoisotopic (exact) mass is 526 g/mol. The number of nitrogens with zero attached hydrogens (tertiary/aromatic N) is 2. The second-order valence-electron chi connectivity index (χ2n) is 9.73. The Bertz CT molecular complexity index is 1300. The summed E-state index contributed by atoms with van der Waals surface area (Å²) >= 11 is 1.69. The van der Waals surface area contributed by atoms with Gasteiger partial charge in [0, 0.05) is 18.0 Å². The van der Waals surface area contributed by atoms with Crippen LogP contribution in [-0.2, 0) is 21.2 Å². The number of carbonyl (C=O) groups is 1. The minimum atomic E-state index is -3.82. The van der Waals surface area contributed by atoms with E-state index in [-0.39, 0.29) is 35.9 Å². The van der Waals surface area contributed by atoms with E-state index in [0.717, 1.165) is 28.9 Å². The van der Waals surface area contributed by atoms with Crippen molar-refractivity contribution in [3.8, 4) is 5.75 Å². The normalized spacial score (nSPS) is 15.8. The number of ether oxygens (including phenoxy) is 1. The average molecular weight is 527 g/mol. The first-order valence-corrected chi connectivity index (χ1v) is 14.6. The van der Waals surface area contributed by atoms with Crippen LogP contribution >= 0.6 is 11.3 Å². The highest BCUT2D eigenvalue weighted by Crippen LogP contribution is 2.34. The molecule has 1 amide bonds. The largest absolute Gasteiger partial charge is 0.491 e. The molecule has 6 nitrogen and oxygen atoms in total. The first-order chi connectivity index (χ1) is 17.2. The summed E-state index contributed by atoms with van der Waals surface area (Å²) < 4.78 is 34.5. The maximum absolute atomic E-state index is 13.7. The van der Waals surface area contributed by atoms with Gasteiger partial charge in [-0.1, -0.05) is 49.7 Å². The van der Waals surface area contributed by atoms with Crippen LogP contribution in [0.2, 0.25) is 0 Å². The van der Waals surface area contributed by atoms with Crippen LogP contribution in [0.5, 0.6) is 5.75 Å². The molecule has 36 heavy (non-hydrogen) atoms. The molecule has 1 aliphatic heterocycles. The molecule has 2 aromatic carbocycles. The van der Waals surface area contributed by atoms with E-state index in [2.05, 4.69) is 6.07 Å². The molecule has 3 aromatic rings. The molecule has 0 saturated carbocycles. The Kier molecular flexibility index (Phi) is 8.17. The minimum Gasteiger partial charge on any atom is -0.491 e. The van der Waals surface area contributed by atoms with E-state index in [0.29, 0.717) is 13.2 Å². The molecule has 4 rings (SSSR count). The fraction of sp³-hybridized carbons (Fsp3) is 0.393. The zero-order valence-electron chi connectivity index (χ0n) is 21.3. The van der Waals surface area contributed by atoms with Crippen LogP contribution in [0.25, 0.3) is 0 Å². The number of amides is 1. The maximum Gasteiger partial charge on any atom is 0.243 e. The van der Waals surface area contributed by atoms with E-state index in [9.17, 15) is 13.2 Å². The van der Waals surface area contributed by atoms with E-state index in [1.165, 1.54) is 9.18 Å². The Balaban J connectivity index is 1.58. The molecule has 0 aliphatic carbocycles. The lowest BCUT2D eigenvalue weighted by molar-refractivity contribution is -0.135. The standard InChI is InChI=1S/C28H34N2O4S2/c1-20(2)17-29(36(32,33)23-11-9-21(3)10-12-23)18-28(31)30-15-13-27-24(14-16-35-27)25(30)19-34-26-8-6-5-7-22(26)4/h5-12,14,16,20,25H,13,15,17-19H2,1-4H3. The molecule has 192 valence electrons. The number of fused-ring (bicyclic) bond motifs is 1. The second kappa shape index (κ2) is 11.2. The Labute approximate surface area is 218 Å². The molecule has 1 atom stereocenters. The molecule has 0 N–H and O–H groups in total. The van der Waals surface area contributed by atoms with Gasteiger partial charge in [0.05, 0.1) is 17.5 Å². The molecule has 0 fully saturated rings. The van der Waals surface area contributed by atoms with Crippen molar-refractivity contribution in [2.75, 3.05) is 26.2 Å². The molecule has 1 aromatic heterocycles. The van der Waals surface area contributed by atoms with E-state index >= 15 is 0 Å². The van der Waals surface area contributed by atoms with Crippen LogP contribution < -0.4 is 4.74 Å². The van der Waals surface area contributed by atoms with Crippen molar-refractivity contribution in [2.45, 2.75) is 45.1 Å². The van der Waals surface area contributed by atoms with Crippen molar-refractivity contribution in [1.82, 2.24) is 9.21 Å². The van der Waals surface area contributed by atoms with E-state index in [4.69, 9.17) is 4.74 Å². The summed E-state index contributed by atoms with van der Waals surface area (Å²) in [7, 11) is -3.82. The summed E-state index contributed by atoms with van der Waals surface area (Å²) in [6.45, 7) is 8.75. The van der Waals surface area contributed by atoms with Gasteiger partial charge in [0.2, 0.25) is 15.9 Å². The third-order valence-corrected chi connectivity index (χ3v) is 9.27. The van der Waals surface area contributed by atoms with Crippen LogP contribution in [0.4, 0.5) is 0 Å². The lowest BCUT2D eigenvalue weighted by atomic mass is 10.0. The number of aryl methyl sites for hydroxylation is 2. The molecule has 1 aliphatic rings. The first-order valence-electron chi connectivity index (χ1n) is 12.3. The highest BCUT2D eigenvalue weighted by molar-refractivity contribution is 7.89. The van der Waals surface area contributed by atoms with E-state index in [1.807, 2.05) is 57.3 Å². The van der Waals surface area contributed by atoms with Crippen molar-refractivity contribution < 1.29 is 17.9 Å². The van der Waals surface area contributed by atoms with Crippen molar-refractivity contribution in [1.29, 1.82) is 0 Å². The van der Waals surface area contributed by atoms with Crippen molar-refractivity contribution in [3.05, 3.63) is 81.5 Å². The van der Waals surface area contributed by atoms with Gasteiger partial charge >= 0.3 is 0 Å². The zero-order valence-corrected chi connectivity index (χ0v) is 22.9. The third-order valence-electron chi connectivity index (χ3n) is 6.44. The van der Waals surface area contributed by atoms with Gasteiger partial charge in [-0.25, -0.2) is 8.42 Å². The molecular weight excluding hydrogens is 492 g/mol. The summed E-state index contributed by atoms with van der Waals surface area (Å²) in [5, 5.41) is 2.05. The Morgan fingerprint density at radius 2 is 1.83 bits per heavy atom. The number of carbonyl (C=O) groups excluding carboxylic acids is 1. The van der Waals surface area contributed by atoms with Gasteiger partial charge in [0.15, 0.2) is 0 Å². The zero-order chi connectivity index (χ0) is 25.9. The van der Waals surface area contributed by atoms with Crippen LogP contribution in [-0.4, -0.2) is 49.8 Å². The molecule has 0 bridgehead atoms. The van der Waals surface area contributed by atoms with Crippen molar-refractivity contribution in [2.24, 2.45) is 5.92 Å². The number of benzene rings is 2. The number of rotatable bonds is 9. The maximum atomic E-state index is 13.7. The lowest BCUT2D eigenvalue weighted by Gasteiger charge is -2.37. The van der Waals surface area contributed by atoms with Gasteiger partial charge in [0.1, 0.15) is 12.4 Å². The number of hydrogen-bond donors (Lipinski definition) is 0. The van der Waals surface area contributed by atoms with Crippen molar-refractivity contribution >= 4 is 27.3 Å². The Morgan fingerprint density at radius 3 is 2.53 bits per heavy atom. The van der Waals surface area contributed by atoms with E-state index < -0.39 is 10.0 Å². The van der Waals surface area contributed by atoms with Crippen LogP contribution in [0.15, 0.2) is 64.9 Å². The summed E-state index contributed by atoms with van der Waals surface area (Å²) in [5.41, 5.74) is 3.10. The van der Waals surface area contributed by atoms with E-state index in [1.54, 1.807) is 40.5 Å². The quantitative estimate of drug-likeness (QED) is 0.384.